The molecule has 0 radical (unpaired) electrons. The van der Waals surface area contributed by atoms with Crippen molar-refractivity contribution in [1.29, 1.82) is 0 Å². The second kappa shape index (κ2) is 4.77. The molecule has 1 amide bonds. The highest BCUT2D eigenvalue weighted by molar-refractivity contribution is 5.86. The standard InChI is InChI=1S/C14H17N3O3/c1-17-5-4-10(16-17)7-15-13(18)11-8-2-3-9(6-8)12(11)14(19)20/h2-5,8-9,11-12H,6-7H2,1H3,(H,15,18)(H,19,20). The Morgan fingerprint density at radius 1 is 1.40 bits per heavy atom. The predicted octanol–water partition coefficient (Wildman–Crippen LogP) is 0.559. The highest BCUT2D eigenvalue weighted by atomic mass is 16.4. The number of carboxylic acids is 1. The Bertz CT molecular complexity index is 578. The number of amides is 1. The molecule has 2 aliphatic rings. The molecule has 0 aliphatic heterocycles. The number of hydrogen-bond acceptors (Lipinski definition) is 3. The van der Waals surface area contributed by atoms with Gasteiger partial charge in [0.1, 0.15) is 0 Å². The minimum absolute atomic E-state index is 0.00287. The topological polar surface area (TPSA) is 84.2 Å². The number of aliphatic carboxylic acids is 1. The minimum atomic E-state index is -0.875. The van der Waals surface area contributed by atoms with Crippen LogP contribution in [0.2, 0.25) is 0 Å². The summed E-state index contributed by atoms with van der Waals surface area (Å²) in [7, 11) is 1.81. The molecule has 1 saturated carbocycles. The number of aromatic nitrogens is 2. The van der Waals surface area contributed by atoms with Gasteiger partial charge in [0.05, 0.1) is 24.1 Å². The molecule has 0 aromatic carbocycles. The zero-order chi connectivity index (χ0) is 14.3. The van der Waals surface area contributed by atoms with Crippen molar-refractivity contribution in [3.05, 3.63) is 30.1 Å². The maximum atomic E-state index is 12.3. The van der Waals surface area contributed by atoms with Gasteiger partial charge in [-0.2, -0.15) is 5.10 Å². The van der Waals surface area contributed by atoms with Crippen LogP contribution in [0.5, 0.6) is 0 Å². The number of fused-ring (bicyclic) bond motifs is 2. The Balaban J connectivity index is 1.67. The summed E-state index contributed by atoms with van der Waals surface area (Å²) in [4.78, 5) is 23.6. The molecule has 3 rings (SSSR count). The molecule has 0 saturated heterocycles. The van der Waals surface area contributed by atoms with E-state index in [-0.39, 0.29) is 17.7 Å². The van der Waals surface area contributed by atoms with Gasteiger partial charge in [-0.25, -0.2) is 0 Å². The lowest BCUT2D eigenvalue weighted by Gasteiger charge is -2.23. The number of nitrogens with zero attached hydrogens (tertiary/aromatic N) is 2. The fourth-order valence-electron chi connectivity index (χ4n) is 3.37. The second-order valence-electron chi connectivity index (χ2n) is 5.54. The summed E-state index contributed by atoms with van der Waals surface area (Å²) in [5.41, 5.74) is 0.770. The summed E-state index contributed by atoms with van der Waals surface area (Å²) in [5, 5.41) is 16.3. The van der Waals surface area contributed by atoms with E-state index in [9.17, 15) is 14.7 Å². The molecule has 6 heteroatoms. The highest BCUT2D eigenvalue weighted by Gasteiger charge is 2.51. The summed E-state index contributed by atoms with van der Waals surface area (Å²) in [6.07, 6.45) is 6.50. The van der Waals surface area contributed by atoms with Crippen molar-refractivity contribution in [2.75, 3.05) is 0 Å². The first-order valence-electron chi connectivity index (χ1n) is 6.73. The van der Waals surface area contributed by atoms with Crippen LogP contribution in [0.15, 0.2) is 24.4 Å². The molecule has 4 unspecified atom stereocenters. The third-order valence-electron chi connectivity index (χ3n) is 4.26. The fraction of sp³-hybridized carbons (Fsp3) is 0.500. The Morgan fingerprint density at radius 2 is 2.10 bits per heavy atom. The van der Waals surface area contributed by atoms with Gasteiger partial charge in [0.15, 0.2) is 0 Å². The fourth-order valence-corrected chi connectivity index (χ4v) is 3.37. The molecule has 20 heavy (non-hydrogen) atoms. The number of aryl methyl sites for hydroxylation is 1. The SMILES string of the molecule is Cn1ccc(CNC(=O)C2C3C=CC(C3)C2C(=O)O)n1. The van der Waals surface area contributed by atoms with Gasteiger partial charge in [-0.1, -0.05) is 12.2 Å². The Hall–Kier alpha value is -2.11. The molecule has 2 N–H and O–H groups in total. The molecular weight excluding hydrogens is 258 g/mol. The van der Waals surface area contributed by atoms with E-state index in [1.165, 1.54) is 0 Å². The summed E-state index contributed by atoms with van der Waals surface area (Å²) in [6, 6.07) is 1.83. The lowest BCUT2D eigenvalue weighted by Crippen LogP contribution is -2.39. The summed E-state index contributed by atoms with van der Waals surface area (Å²) < 4.78 is 1.67. The lowest BCUT2D eigenvalue weighted by atomic mass is 9.82. The van der Waals surface area contributed by atoms with Gasteiger partial charge in [-0.15, -0.1) is 0 Å². The van der Waals surface area contributed by atoms with Crippen molar-refractivity contribution in [1.82, 2.24) is 15.1 Å². The van der Waals surface area contributed by atoms with Gasteiger partial charge >= 0.3 is 5.97 Å². The van der Waals surface area contributed by atoms with Gasteiger partial charge in [-0.05, 0) is 24.3 Å². The summed E-state index contributed by atoms with van der Waals surface area (Å²) in [6.45, 7) is 0.337. The maximum Gasteiger partial charge on any atom is 0.307 e. The van der Waals surface area contributed by atoms with Crippen LogP contribution < -0.4 is 5.32 Å². The number of carboxylic acid groups (broad SMARTS) is 1. The third-order valence-corrected chi connectivity index (χ3v) is 4.26. The first-order valence-corrected chi connectivity index (χ1v) is 6.73. The van der Waals surface area contributed by atoms with Gasteiger partial charge < -0.3 is 10.4 Å². The van der Waals surface area contributed by atoms with E-state index in [2.05, 4.69) is 10.4 Å². The maximum absolute atomic E-state index is 12.3. The number of allylic oxidation sites excluding steroid dienone is 2. The lowest BCUT2D eigenvalue weighted by molar-refractivity contribution is -0.147. The van der Waals surface area contributed by atoms with E-state index in [1.807, 2.05) is 31.5 Å². The molecular formula is C14H17N3O3. The Morgan fingerprint density at radius 3 is 2.70 bits per heavy atom. The molecule has 0 spiro atoms. The summed E-state index contributed by atoms with van der Waals surface area (Å²) in [5.74, 6) is -2.03. The highest BCUT2D eigenvalue weighted by Crippen LogP contribution is 2.48. The molecule has 4 atom stereocenters. The van der Waals surface area contributed by atoms with E-state index in [1.54, 1.807) is 4.68 Å². The van der Waals surface area contributed by atoms with Crippen molar-refractivity contribution in [3.8, 4) is 0 Å². The number of rotatable bonds is 4. The first kappa shape index (κ1) is 12.9. The van der Waals surface area contributed by atoms with Crippen molar-refractivity contribution < 1.29 is 14.7 Å². The van der Waals surface area contributed by atoms with Crippen molar-refractivity contribution in [2.45, 2.75) is 13.0 Å². The first-order chi connectivity index (χ1) is 9.56. The van der Waals surface area contributed by atoms with Crippen LogP contribution in [-0.2, 0) is 23.2 Å². The van der Waals surface area contributed by atoms with Crippen molar-refractivity contribution >= 4 is 11.9 Å². The van der Waals surface area contributed by atoms with Gasteiger partial charge in [0, 0.05) is 13.2 Å². The van der Waals surface area contributed by atoms with E-state index < -0.39 is 17.8 Å². The molecule has 1 heterocycles. The normalized spacial score (nSPS) is 30.6. The molecule has 1 aromatic heterocycles. The average Bonchev–Trinajstić information content (AvgIpc) is 3.10. The smallest absolute Gasteiger partial charge is 0.307 e. The van der Waals surface area contributed by atoms with Crippen LogP contribution in [0.25, 0.3) is 0 Å². The number of carbonyl (C=O) groups is 2. The zero-order valence-electron chi connectivity index (χ0n) is 11.2. The monoisotopic (exact) mass is 275 g/mol. The molecule has 1 aromatic rings. The second-order valence-corrected chi connectivity index (χ2v) is 5.54. The minimum Gasteiger partial charge on any atom is -0.481 e. The quantitative estimate of drug-likeness (QED) is 0.786. The zero-order valence-corrected chi connectivity index (χ0v) is 11.2. The Labute approximate surface area is 116 Å². The van der Waals surface area contributed by atoms with Crippen LogP contribution in [0.1, 0.15) is 12.1 Å². The van der Waals surface area contributed by atoms with Crippen molar-refractivity contribution in [2.24, 2.45) is 30.7 Å². The Kier molecular flexibility index (Phi) is 3.08. The van der Waals surface area contributed by atoms with E-state index >= 15 is 0 Å². The van der Waals surface area contributed by atoms with Crippen LogP contribution in [-0.4, -0.2) is 26.8 Å². The largest absolute Gasteiger partial charge is 0.481 e. The molecule has 6 nitrogen and oxygen atoms in total. The van der Waals surface area contributed by atoms with Crippen LogP contribution >= 0.6 is 0 Å². The van der Waals surface area contributed by atoms with Gasteiger partial charge in [0.2, 0.25) is 5.91 Å². The molecule has 2 bridgehead atoms. The summed E-state index contributed by atoms with van der Waals surface area (Å²) >= 11 is 0. The van der Waals surface area contributed by atoms with Crippen molar-refractivity contribution in [3.63, 3.8) is 0 Å². The van der Waals surface area contributed by atoms with Crippen LogP contribution in [0.3, 0.4) is 0 Å². The van der Waals surface area contributed by atoms with E-state index in [0.717, 1.165) is 12.1 Å². The number of nitrogens with one attached hydrogen (secondary N) is 1. The predicted molar refractivity (Wildman–Crippen MR) is 70.4 cm³/mol. The van der Waals surface area contributed by atoms with Gasteiger partial charge in [-0.3, -0.25) is 14.3 Å². The molecule has 106 valence electrons. The molecule has 1 fully saturated rings. The number of carbonyl (C=O) groups excluding carboxylic acids is 1. The third kappa shape index (κ3) is 2.11. The number of hydrogen-bond donors (Lipinski definition) is 2. The van der Waals surface area contributed by atoms with E-state index in [0.29, 0.717) is 6.54 Å². The molecule has 2 aliphatic carbocycles. The van der Waals surface area contributed by atoms with Crippen LogP contribution in [0.4, 0.5) is 0 Å². The van der Waals surface area contributed by atoms with Gasteiger partial charge in [0.25, 0.3) is 0 Å². The van der Waals surface area contributed by atoms with Crippen LogP contribution in [0, 0.1) is 23.7 Å². The van der Waals surface area contributed by atoms with E-state index in [4.69, 9.17) is 0 Å². The average molecular weight is 275 g/mol.